The van der Waals surface area contributed by atoms with Crippen LogP contribution in [0.15, 0.2) is 66.9 Å². The highest BCUT2D eigenvalue weighted by molar-refractivity contribution is 6.06. The van der Waals surface area contributed by atoms with Gasteiger partial charge in [-0.2, -0.15) is 0 Å². The number of H-pyrrole nitrogens is 1. The molecule has 0 saturated carbocycles. The van der Waals surface area contributed by atoms with E-state index in [0.717, 1.165) is 27.7 Å². The van der Waals surface area contributed by atoms with E-state index in [9.17, 15) is 9.90 Å². The summed E-state index contributed by atoms with van der Waals surface area (Å²) in [5, 5.41) is 11.6. The van der Waals surface area contributed by atoms with Crippen LogP contribution in [0, 0.1) is 0 Å². The molecule has 0 unspecified atom stereocenters. The van der Waals surface area contributed by atoms with Crippen molar-refractivity contribution in [1.82, 2.24) is 14.9 Å². The number of carbonyl (C=O) groups excluding carboxylic acids is 1. The number of fused-ring (bicyclic) bond motifs is 3. The molecule has 5 nitrogen and oxygen atoms in total. The van der Waals surface area contributed by atoms with Gasteiger partial charge >= 0.3 is 0 Å². The summed E-state index contributed by atoms with van der Waals surface area (Å²) in [7, 11) is 0. The summed E-state index contributed by atoms with van der Waals surface area (Å²) < 4.78 is 0. The van der Waals surface area contributed by atoms with Crippen LogP contribution >= 0.6 is 0 Å². The smallest absolute Gasteiger partial charge is 0.223 e. The number of aryl methyl sites for hydroxylation is 1. The van der Waals surface area contributed by atoms with Gasteiger partial charge in [-0.25, -0.2) is 0 Å². The maximum Gasteiger partial charge on any atom is 0.223 e. The Morgan fingerprint density at radius 2 is 1.79 bits per heavy atom. The minimum absolute atomic E-state index is 0.0266. The molecule has 4 aromatic rings. The largest absolute Gasteiger partial charge is 0.395 e. The topological polar surface area (TPSA) is 69.2 Å². The first-order valence-electron chi connectivity index (χ1n) is 9.52. The molecule has 0 aliphatic carbocycles. The lowest BCUT2D eigenvalue weighted by atomic mass is 10.1. The van der Waals surface area contributed by atoms with Gasteiger partial charge in [0.05, 0.1) is 18.3 Å². The molecule has 4 rings (SSSR count). The highest BCUT2D eigenvalue weighted by Crippen LogP contribution is 2.25. The molecule has 0 spiro atoms. The standard InChI is InChI=1S/C23H23N3O2/c27-13-12-26(16-17-6-2-1-3-7-17)23(28)11-10-18-14-20-19-8-4-5-9-21(19)25-22(20)15-24-18/h1-9,14-15,25,27H,10-13,16H2. The number of para-hydroxylation sites is 1. The van der Waals surface area contributed by atoms with E-state index in [1.165, 1.54) is 5.39 Å². The number of carbonyl (C=O) groups is 1. The molecule has 0 aliphatic heterocycles. The number of hydrogen-bond donors (Lipinski definition) is 2. The van der Waals surface area contributed by atoms with E-state index in [2.05, 4.69) is 28.2 Å². The summed E-state index contributed by atoms with van der Waals surface area (Å²) in [6.45, 7) is 0.801. The molecular weight excluding hydrogens is 350 g/mol. The van der Waals surface area contributed by atoms with Crippen LogP contribution in [0.1, 0.15) is 17.7 Å². The van der Waals surface area contributed by atoms with Gasteiger partial charge in [-0.3, -0.25) is 9.78 Å². The second-order valence-electron chi connectivity index (χ2n) is 6.92. The highest BCUT2D eigenvalue weighted by atomic mass is 16.3. The number of pyridine rings is 1. The number of rotatable bonds is 7. The molecule has 0 radical (unpaired) electrons. The monoisotopic (exact) mass is 373 g/mol. The molecule has 5 heteroatoms. The van der Waals surface area contributed by atoms with Gasteiger partial charge in [-0.1, -0.05) is 48.5 Å². The number of nitrogens with one attached hydrogen (secondary N) is 1. The van der Waals surface area contributed by atoms with Crippen LogP contribution in [0.5, 0.6) is 0 Å². The Hall–Kier alpha value is -3.18. The molecule has 0 aliphatic rings. The van der Waals surface area contributed by atoms with Crippen molar-refractivity contribution in [3.05, 3.63) is 78.1 Å². The van der Waals surface area contributed by atoms with Crippen molar-refractivity contribution in [1.29, 1.82) is 0 Å². The van der Waals surface area contributed by atoms with Gasteiger partial charge in [0.15, 0.2) is 0 Å². The summed E-state index contributed by atoms with van der Waals surface area (Å²) >= 11 is 0. The fourth-order valence-corrected chi connectivity index (χ4v) is 3.54. The molecule has 2 heterocycles. The molecule has 0 atom stereocenters. The highest BCUT2D eigenvalue weighted by Gasteiger charge is 2.14. The van der Waals surface area contributed by atoms with E-state index in [1.54, 1.807) is 4.90 Å². The maximum atomic E-state index is 12.7. The normalized spacial score (nSPS) is 11.2. The van der Waals surface area contributed by atoms with E-state index in [1.807, 2.05) is 48.7 Å². The van der Waals surface area contributed by atoms with Crippen LogP contribution < -0.4 is 0 Å². The van der Waals surface area contributed by atoms with Gasteiger partial charge in [0, 0.05) is 41.5 Å². The van der Waals surface area contributed by atoms with Crippen molar-refractivity contribution in [2.75, 3.05) is 13.2 Å². The third-order valence-corrected chi connectivity index (χ3v) is 4.98. The van der Waals surface area contributed by atoms with Crippen LogP contribution in [0.3, 0.4) is 0 Å². The third-order valence-electron chi connectivity index (χ3n) is 4.98. The number of aliphatic hydroxyl groups is 1. The fraction of sp³-hybridized carbons (Fsp3) is 0.217. The zero-order valence-electron chi connectivity index (χ0n) is 15.6. The number of nitrogens with zero attached hydrogens (tertiary/aromatic N) is 2. The summed E-state index contributed by atoms with van der Waals surface area (Å²) in [4.78, 5) is 22.3. The first kappa shape index (κ1) is 18.2. The summed E-state index contributed by atoms with van der Waals surface area (Å²) in [5.41, 5.74) is 4.05. The molecule has 28 heavy (non-hydrogen) atoms. The Labute approximate surface area is 163 Å². The molecule has 0 saturated heterocycles. The predicted octanol–water partition coefficient (Wildman–Crippen LogP) is 3.67. The number of aromatic amines is 1. The molecule has 2 aromatic heterocycles. The van der Waals surface area contributed by atoms with Crippen molar-refractivity contribution in [2.24, 2.45) is 0 Å². The minimum atomic E-state index is -0.0435. The summed E-state index contributed by atoms with van der Waals surface area (Å²) in [6.07, 6.45) is 2.78. The van der Waals surface area contributed by atoms with Crippen molar-refractivity contribution < 1.29 is 9.90 Å². The average molecular weight is 373 g/mol. The Kier molecular flexibility index (Phi) is 5.35. The number of aliphatic hydroxyl groups excluding tert-OH is 1. The second-order valence-corrected chi connectivity index (χ2v) is 6.92. The van der Waals surface area contributed by atoms with Crippen LogP contribution in [0.2, 0.25) is 0 Å². The number of aromatic nitrogens is 2. The lowest BCUT2D eigenvalue weighted by Crippen LogP contribution is -2.33. The van der Waals surface area contributed by atoms with E-state index < -0.39 is 0 Å². The van der Waals surface area contributed by atoms with E-state index in [0.29, 0.717) is 25.9 Å². The molecule has 2 aromatic carbocycles. The Morgan fingerprint density at radius 3 is 2.61 bits per heavy atom. The zero-order chi connectivity index (χ0) is 19.3. The van der Waals surface area contributed by atoms with Crippen LogP contribution in [-0.2, 0) is 17.8 Å². The zero-order valence-corrected chi connectivity index (χ0v) is 15.6. The van der Waals surface area contributed by atoms with E-state index in [4.69, 9.17) is 0 Å². The van der Waals surface area contributed by atoms with Gasteiger partial charge in [0.25, 0.3) is 0 Å². The van der Waals surface area contributed by atoms with Gasteiger partial charge in [0.2, 0.25) is 5.91 Å². The Morgan fingerprint density at radius 1 is 1.00 bits per heavy atom. The number of amides is 1. The Bertz CT molecular complexity index is 1090. The first-order valence-corrected chi connectivity index (χ1v) is 9.52. The second kappa shape index (κ2) is 8.23. The van der Waals surface area contributed by atoms with Gasteiger partial charge < -0.3 is 15.0 Å². The van der Waals surface area contributed by atoms with Gasteiger partial charge in [-0.05, 0) is 24.1 Å². The van der Waals surface area contributed by atoms with Crippen molar-refractivity contribution >= 4 is 27.7 Å². The number of benzene rings is 2. The molecule has 0 bridgehead atoms. The minimum Gasteiger partial charge on any atom is -0.395 e. The van der Waals surface area contributed by atoms with E-state index in [-0.39, 0.29) is 12.5 Å². The third kappa shape index (κ3) is 3.89. The summed E-state index contributed by atoms with van der Waals surface area (Å²) in [6, 6.07) is 20.1. The fourth-order valence-electron chi connectivity index (χ4n) is 3.54. The first-order chi connectivity index (χ1) is 13.7. The molecule has 142 valence electrons. The SMILES string of the molecule is O=C(CCc1cc2c(cn1)[nH]c1ccccc12)N(CCO)Cc1ccccc1. The summed E-state index contributed by atoms with van der Waals surface area (Å²) in [5.74, 6) is 0.0266. The van der Waals surface area contributed by atoms with Crippen molar-refractivity contribution in [2.45, 2.75) is 19.4 Å². The lowest BCUT2D eigenvalue weighted by molar-refractivity contribution is -0.132. The molecule has 0 fully saturated rings. The lowest BCUT2D eigenvalue weighted by Gasteiger charge is -2.22. The van der Waals surface area contributed by atoms with Crippen LogP contribution in [0.4, 0.5) is 0 Å². The van der Waals surface area contributed by atoms with Crippen LogP contribution in [-0.4, -0.2) is 39.0 Å². The van der Waals surface area contributed by atoms with E-state index >= 15 is 0 Å². The molecular formula is C23H23N3O2. The number of hydrogen-bond acceptors (Lipinski definition) is 3. The maximum absolute atomic E-state index is 12.7. The quantitative estimate of drug-likeness (QED) is 0.519. The molecule has 2 N–H and O–H groups in total. The predicted molar refractivity (Wildman–Crippen MR) is 111 cm³/mol. The average Bonchev–Trinajstić information content (AvgIpc) is 3.10. The molecule has 1 amide bonds. The van der Waals surface area contributed by atoms with Crippen LogP contribution in [0.25, 0.3) is 21.8 Å². The van der Waals surface area contributed by atoms with Crippen molar-refractivity contribution in [3.63, 3.8) is 0 Å². The Balaban J connectivity index is 1.47. The van der Waals surface area contributed by atoms with Gasteiger partial charge in [0.1, 0.15) is 0 Å². The van der Waals surface area contributed by atoms with Crippen molar-refractivity contribution in [3.8, 4) is 0 Å². The van der Waals surface area contributed by atoms with Gasteiger partial charge in [-0.15, -0.1) is 0 Å².